The van der Waals surface area contributed by atoms with Gasteiger partial charge in [-0.2, -0.15) is 5.10 Å². The molecule has 0 aliphatic heterocycles. The molecule has 16 heavy (non-hydrogen) atoms. The summed E-state index contributed by atoms with van der Waals surface area (Å²) in [6.07, 6.45) is 2.82. The van der Waals surface area contributed by atoms with Gasteiger partial charge in [-0.1, -0.05) is 0 Å². The van der Waals surface area contributed by atoms with Crippen molar-refractivity contribution in [1.82, 2.24) is 9.78 Å². The van der Waals surface area contributed by atoms with Crippen molar-refractivity contribution >= 4 is 0 Å². The molecule has 1 heterocycles. The first-order valence-corrected chi connectivity index (χ1v) is 5.76. The molecule has 4 heteroatoms. The zero-order valence-electron chi connectivity index (χ0n) is 10.6. The van der Waals surface area contributed by atoms with E-state index in [1.807, 2.05) is 38.6 Å². The summed E-state index contributed by atoms with van der Waals surface area (Å²) >= 11 is 0. The molecule has 0 aromatic carbocycles. The highest BCUT2D eigenvalue weighted by Gasteiger charge is 2.27. The van der Waals surface area contributed by atoms with Gasteiger partial charge in [0.25, 0.3) is 0 Å². The molecule has 1 aromatic heterocycles. The molecule has 0 spiro atoms. The summed E-state index contributed by atoms with van der Waals surface area (Å²) in [4.78, 5) is 0. The summed E-state index contributed by atoms with van der Waals surface area (Å²) < 4.78 is 7.35. The van der Waals surface area contributed by atoms with Crippen molar-refractivity contribution in [3.63, 3.8) is 0 Å². The van der Waals surface area contributed by atoms with Gasteiger partial charge in [0.2, 0.25) is 0 Å². The molecule has 0 radical (unpaired) electrons. The molecule has 0 amide bonds. The van der Waals surface area contributed by atoms with Crippen LogP contribution in [0.2, 0.25) is 0 Å². The summed E-state index contributed by atoms with van der Waals surface area (Å²) in [5.41, 5.74) is 0.652. The zero-order valence-corrected chi connectivity index (χ0v) is 10.6. The lowest BCUT2D eigenvalue weighted by atomic mass is 9.96. The summed E-state index contributed by atoms with van der Waals surface area (Å²) in [5.74, 6) is 0. The Balaban J connectivity index is 2.46. The van der Waals surface area contributed by atoms with Crippen LogP contribution in [0.5, 0.6) is 0 Å². The second kappa shape index (κ2) is 5.46. The van der Waals surface area contributed by atoms with Gasteiger partial charge in [-0.05, 0) is 39.7 Å². The first kappa shape index (κ1) is 13.2. The minimum absolute atomic E-state index is 0.456. The summed E-state index contributed by atoms with van der Waals surface area (Å²) in [6, 6.07) is 1.97. The molecule has 0 fully saturated rings. The first-order chi connectivity index (χ1) is 7.47. The second-order valence-electron chi connectivity index (χ2n) is 4.54. The number of aliphatic hydroxyl groups excluding tert-OH is 1. The Bertz CT molecular complexity index is 321. The average Bonchev–Trinajstić information content (AvgIpc) is 2.60. The van der Waals surface area contributed by atoms with Gasteiger partial charge < -0.3 is 9.84 Å². The van der Waals surface area contributed by atoms with Gasteiger partial charge in [-0.15, -0.1) is 0 Å². The molecular formula is C12H22N2O2. The third kappa shape index (κ3) is 3.32. The van der Waals surface area contributed by atoms with E-state index in [2.05, 4.69) is 5.10 Å². The molecule has 0 saturated carbocycles. The largest absolute Gasteiger partial charge is 0.390 e. The number of hydrogen-bond donors (Lipinski definition) is 1. The Morgan fingerprint density at radius 1 is 1.56 bits per heavy atom. The minimum Gasteiger partial charge on any atom is -0.390 e. The van der Waals surface area contributed by atoms with Gasteiger partial charge >= 0.3 is 0 Å². The fourth-order valence-corrected chi connectivity index (χ4v) is 1.75. The smallest absolute Gasteiger partial charge is 0.0884 e. The Labute approximate surface area is 97.2 Å². The minimum atomic E-state index is -0.479. The van der Waals surface area contributed by atoms with E-state index in [0.29, 0.717) is 13.0 Å². The molecule has 1 rings (SSSR count). The van der Waals surface area contributed by atoms with Crippen LogP contribution in [0.1, 0.15) is 32.9 Å². The van der Waals surface area contributed by atoms with E-state index in [0.717, 1.165) is 12.1 Å². The molecular weight excluding hydrogens is 204 g/mol. The maximum absolute atomic E-state index is 10.0. The van der Waals surface area contributed by atoms with Gasteiger partial charge in [0.1, 0.15) is 0 Å². The van der Waals surface area contributed by atoms with Gasteiger partial charge in [0, 0.05) is 25.5 Å². The van der Waals surface area contributed by atoms with E-state index < -0.39 is 11.7 Å². The normalized spacial score (nSPS) is 14.1. The molecule has 4 nitrogen and oxygen atoms in total. The highest BCUT2D eigenvalue weighted by Crippen LogP contribution is 2.19. The van der Waals surface area contributed by atoms with Crippen LogP contribution in [0.4, 0.5) is 0 Å². The quantitative estimate of drug-likeness (QED) is 0.800. The zero-order chi connectivity index (χ0) is 12.2. The van der Waals surface area contributed by atoms with Crippen molar-refractivity contribution < 1.29 is 9.84 Å². The van der Waals surface area contributed by atoms with Gasteiger partial charge in [-0.3, -0.25) is 4.68 Å². The van der Waals surface area contributed by atoms with Crippen molar-refractivity contribution in [2.24, 2.45) is 7.05 Å². The van der Waals surface area contributed by atoms with Crippen LogP contribution in [0.25, 0.3) is 0 Å². The van der Waals surface area contributed by atoms with E-state index in [4.69, 9.17) is 4.74 Å². The molecule has 0 aliphatic carbocycles. The number of hydrogen-bond acceptors (Lipinski definition) is 3. The Kier molecular flexibility index (Phi) is 4.50. The maximum Gasteiger partial charge on any atom is 0.0884 e. The van der Waals surface area contributed by atoms with Crippen molar-refractivity contribution in [3.8, 4) is 0 Å². The van der Waals surface area contributed by atoms with Crippen molar-refractivity contribution in [1.29, 1.82) is 0 Å². The van der Waals surface area contributed by atoms with Gasteiger partial charge in [0.15, 0.2) is 0 Å². The van der Waals surface area contributed by atoms with Crippen LogP contribution < -0.4 is 0 Å². The van der Waals surface area contributed by atoms with E-state index in [1.165, 1.54) is 0 Å². The van der Waals surface area contributed by atoms with Crippen LogP contribution >= 0.6 is 0 Å². The third-order valence-electron chi connectivity index (χ3n) is 2.92. The average molecular weight is 226 g/mol. The monoisotopic (exact) mass is 226 g/mol. The maximum atomic E-state index is 10.0. The number of aliphatic hydroxyl groups is 1. The van der Waals surface area contributed by atoms with Crippen molar-refractivity contribution in [2.45, 2.75) is 45.3 Å². The van der Waals surface area contributed by atoms with E-state index in [9.17, 15) is 5.11 Å². The van der Waals surface area contributed by atoms with E-state index in [1.54, 1.807) is 6.20 Å². The highest BCUT2D eigenvalue weighted by atomic mass is 16.5. The number of rotatable bonds is 6. The predicted molar refractivity (Wildman–Crippen MR) is 63.2 cm³/mol. The number of ether oxygens (including phenoxy) is 1. The van der Waals surface area contributed by atoms with E-state index >= 15 is 0 Å². The van der Waals surface area contributed by atoms with Crippen LogP contribution in [0.3, 0.4) is 0 Å². The number of aromatic nitrogens is 2. The van der Waals surface area contributed by atoms with Crippen molar-refractivity contribution in [3.05, 3.63) is 18.0 Å². The molecule has 1 N–H and O–H groups in total. The third-order valence-corrected chi connectivity index (χ3v) is 2.92. The summed E-state index contributed by atoms with van der Waals surface area (Å²) in [6.45, 7) is 6.40. The molecule has 0 saturated heterocycles. The van der Waals surface area contributed by atoms with Crippen LogP contribution in [-0.4, -0.2) is 33.2 Å². The molecule has 1 atom stereocenters. The SMILES string of the molecule is CCOC(C)(C)C(O)CCc1ccnn1C. The van der Waals surface area contributed by atoms with E-state index in [-0.39, 0.29) is 0 Å². The molecule has 1 aromatic rings. The Hall–Kier alpha value is -0.870. The molecule has 92 valence electrons. The Morgan fingerprint density at radius 2 is 2.25 bits per heavy atom. The standard InChI is InChI=1S/C12H22N2O2/c1-5-16-12(2,3)11(15)7-6-10-8-9-13-14(10)4/h8-9,11,15H,5-7H2,1-4H3. The lowest BCUT2D eigenvalue weighted by molar-refractivity contribution is -0.0985. The van der Waals surface area contributed by atoms with Crippen LogP contribution in [0, 0.1) is 0 Å². The molecule has 0 aliphatic rings. The molecule has 1 unspecified atom stereocenters. The second-order valence-corrected chi connectivity index (χ2v) is 4.54. The lowest BCUT2D eigenvalue weighted by Gasteiger charge is -2.30. The fourth-order valence-electron chi connectivity index (χ4n) is 1.75. The fraction of sp³-hybridized carbons (Fsp3) is 0.750. The van der Waals surface area contributed by atoms with Crippen molar-refractivity contribution in [2.75, 3.05) is 6.61 Å². The van der Waals surface area contributed by atoms with Gasteiger partial charge in [0.05, 0.1) is 11.7 Å². The number of nitrogens with zero attached hydrogens (tertiary/aromatic N) is 2. The first-order valence-electron chi connectivity index (χ1n) is 5.76. The Morgan fingerprint density at radius 3 is 2.75 bits per heavy atom. The highest BCUT2D eigenvalue weighted by molar-refractivity contribution is 5.00. The topological polar surface area (TPSA) is 47.3 Å². The number of aryl methyl sites for hydroxylation is 2. The predicted octanol–water partition coefficient (Wildman–Crippen LogP) is 1.53. The summed E-state index contributed by atoms with van der Waals surface area (Å²) in [7, 11) is 1.91. The molecule has 0 bridgehead atoms. The van der Waals surface area contributed by atoms with Crippen LogP contribution in [0.15, 0.2) is 12.3 Å². The van der Waals surface area contributed by atoms with Crippen LogP contribution in [-0.2, 0) is 18.2 Å². The summed E-state index contributed by atoms with van der Waals surface area (Å²) in [5, 5.41) is 14.1. The van der Waals surface area contributed by atoms with Gasteiger partial charge in [-0.25, -0.2) is 0 Å². The lowest BCUT2D eigenvalue weighted by Crippen LogP contribution is -2.39.